The van der Waals surface area contributed by atoms with Gasteiger partial charge >= 0.3 is 5.84 Å². The van der Waals surface area contributed by atoms with E-state index in [1.807, 2.05) is 0 Å². The molecule has 6 nitrogen and oxygen atoms in total. The van der Waals surface area contributed by atoms with Gasteiger partial charge in [-0.3, -0.25) is 4.74 Å². The molecule has 0 saturated carbocycles. The van der Waals surface area contributed by atoms with Gasteiger partial charge in [0.25, 0.3) is 0 Å². The monoisotopic (exact) mass is 277 g/mol. The molecule has 6 heteroatoms. The van der Waals surface area contributed by atoms with Gasteiger partial charge in [0.15, 0.2) is 17.0 Å². The molecule has 0 fully saturated rings. The number of rotatable bonds is 1. The van der Waals surface area contributed by atoms with E-state index < -0.39 is 11.1 Å². The van der Waals surface area contributed by atoms with Gasteiger partial charge in [0.05, 0.1) is 5.56 Å². The first-order valence-corrected chi connectivity index (χ1v) is 6.48. The molecule has 0 saturated heterocycles. The Morgan fingerprint density at radius 3 is 2.45 bits per heavy atom. The minimum absolute atomic E-state index is 0.110. The highest BCUT2D eigenvalue weighted by Gasteiger charge is 2.60. The Morgan fingerprint density at radius 1 is 1.20 bits per heavy atom. The third-order valence-corrected chi connectivity index (χ3v) is 4.53. The highest BCUT2D eigenvalue weighted by molar-refractivity contribution is 5.96. The molecule has 1 aromatic carbocycles. The second-order valence-corrected chi connectivity index (χ2v) is 6.10. The highest BCUT2D eigenvalue weighted by atomic mass is 16.7. The van der Waals surface area contributed by atoms with E-state index >= 15 is 0 Å². The molecular formula is C14H17N2O4. The average Bonchev–Trinajstić information content (AvgIpc) is 2.89. The predicted octanol–water partition coefficient (Wildman–Crippen LogP) is 1.89. The topological polar surface area (TPSA) is 67.7 Å². The van der Waals surface area contributed by atoms with E-state index in [-0.39, 0.29) is 12.6 Å². The summed E-state index contributed by atoms with van der Waals surface area (Å²) in [6, 6.07) is 5.09. The molecule has 2 aliphatic heterocycles. The van der Waals surface area contributed by atoms with Crippen LogP contribution in [-0.4, -0.2) is 33.5 Å². The molecule has 1 radical (unpaired) electrons. The molecule has 0 unspecified atom stereocenters. The molecule has 107 valence electrons. The first-order valence-electron chi connectivity index (χ1n) is 6.48. The van der Waals surface area contributed by atoms with Crippen molar-refractivity contribution < 1.29 is 19.4 Å². The Hall–Kier alpha value is -1.95. The maximum absolute atomic E-state index is 12.5. The van der Waals surface area contributed by atoms with Crippen LogP contribution < -0.4 is 9.47 Å². The zero-order valence-corrected chi connectivity index (χ0v) is 12.0. The Balaban J connectivity index is 2.12. The molecule has 0 N–H and O–H groups in total. The van der Waals surface area contributed by atoms with Crippen LogP contribution in [0.4, 0.5) is 0 Å². The molecule has 0 bridgehead atoms. The van der Waals surface area contributed by atoms with Crippen LogP contribution in [0, 0.1) is 5.21 Å². The molecule has 0 aliphatic carbocycles. The van der Waals surface area contributed by atoms with Crippen LogP contribution in [-0.2, 0) is 5.21 Å². The molecule has 0 atom stereocenters. The summed E-state index contributed by atoms with van der Waals surface area (Å²) >= 11 is 0. The molecule has 20 heavy (non-hydrogen) atoms. The maximum atomic E-state index is 12.5. The number of ether oxygens (including phenoxy) is 2. The minimum Gasteiger partial charge on any atom is -0.714 e. The van der Waals surface area contributed by atoms with Crippen LogP contribution in [0.1, 0.15) is 33.3 Å². The lowest BCUT2D eigenvalue weighted by Gasteiger charge is -2.32. The van der Waals surface area contributed by atoms with Gasteiger partial charge in [-0.1, -0.05) is 5.06 Å². The van der Waals surface area contributed by atoms with Crippen molar-refractivity contribution in [2.24, 2.45) is 0 Å². The van der Waals surface area contributed by atoms with E-state index in [9.17, 15) is 10.4 Å². The predicted molar refractivity (Wildman–Crippen MR) is 71.0 cm³/mol. The SMILES string of the molecule is CC1(C)N([O])C(c2ccc3c(c2)OCO3)=[N+]([O-])C1(C)C. The van der Waals surface area contributed by atoms with Gasteiger partial charge in [-0.05, 0) is 45.9 Å². The second kappa shape index (κ2) is 3.79. The molecule has 2 heterocycles. The molecule has 2 aliphatic rings. The number of benzene rings is 1. The van der Waals surface area contributed by atoms with Gasteiger partial charge in [-0.15, -0.1) is 0 Å². The molecule has 0 aromatic heterocycles. The Labute approximate surface area is 117 Å². The zero-order valence-electron chi connectivity index (χ0n) is 12.0. The number of hydroxylamine groups is 3. The van der Waals surface area contributed by atoms with Crippen molar-refractivity contribution >= 4 is 5.84 Å². The second-order valence-electron chi connectivity index (χ2n) is 6.10. The quantitative estimate of drug-likeness (QED) is 0.580. The van der Waals surface area contributed by atoms with Crippen molar-refractivity contribution in [3.8, 4) is 11.5 Å². The summed E-state index contributed by atoms with van der Waals surface area (Å²) < 4.78 is 11.3. The number of hydrogen-bond donors (Lipinski definition) is 0. The van der Waals surface area contributed by atoms with E-state index in [0.29, 0.717) is 17.1 Å². The third-order valence-electron chi connectivity index (χ3n) is 4.53. The fourth-order valence-electron chi connectivity index (χ4n) is 2.38. The van der Waals surface area contributed by atoms with Crippen LogP contribution in [0.2, 0.25) is 0 Å². The van der Waals surface area contributed by atoms with Gasteiger partial charge in [-0.25, -0.2) is 0 Å². The molecule has 0 amide bonds. The smallest absolute Gasteiger partial charge is 0.316 e. The van der Waals surface area contributed by atoms with Gasteiger partial charge in [-0.2, -0.15) is 0 Å². The van der Waals surface area contributed by atoms with Crippen LogP contribution in [0.3, 0.4) is 0 Å². The van der Waals surface area contributed by atoms with Crippen molar-refractivity contribution in [1.29, 1.82) is 0 Å². The van der Waals surface area contributed by atoms with Crippen LogP contribution in [0.25, 0.3) is 0 Å². The largest absolute Gasteiger partial charge is 0.714 e. The number of fused-ring (bicyclic) bond motifs is 1. The van der Waals surface area contributed by atoms with Crippen LogP contribution in [0.15, 0.2) is 18.2 Å². The Kier molecular flexibility index (Phi) is 2.47. The van der Waals surface area contributed by atoms with E-state index in [1.165, 1.54) is 0 Å². The summed E-state index contributed by atoms with van der Waals surface area (Å²) in [7, 11) is 0. The average molecular weight is 277 g/mol. The van der Waals surface area contributed by atoms with E-state index in [0.717, 1.165) is 9.80 Å². The number of hydrogen-bond acceptors (Lipinski definition) is 4. The first-order chi connectivity index (χ1) is 9.26. The lowest BCUT2D eigenvalue weighted by molar-refractivity contribution is -0.539. The van der Waals surface area contributed by atoms with Crippen molar-refractivity contribution in [1.82, 2.24) is 5.06 Å². The minimum atomic E-state index is -0.819. The maximum Gasteiger partial charge on any atom is 0.316 e. The normalized spacial score (nSPS) is 22.6. The lowest BCUT2D eigenvalue weighted by atomic mass is 9.84. The van der Waals surface area contributed by atoms with Gasteiger partial charge in [0.1, 0.15) is 5.54 Å². The Morgan fingerprint density at radius 2 is 1.85 bits per heavy atom. The fourth-order valence-corrected chi connectivity index (χ4v) is 2.38. The summed E-state index contributed by atoms with van der Waals surface area (Å²) in [5.41, 5.74) is -1.10. The molecule has 1 aromatic rings. The van der Waals surface area contributed by atoms with Crippen molar-refractivity contribution in [2.45, 2.75) is 38.8 Å². The number of amidine groups is 1. The molecule has 3 rings (SSSR count). The Bertz CT molecular complexity index is 607. The van der Waals surface area contributed by atoms with Gasteiger partial charge in [0.2, 0.25) is 6.79 Å². The highest BCUT2D eigenvalue weighted by Crippen LogP contribution is 2.39. The van der Waals surface area contributed by atoms with Crippen molar-refractivity contribution in [3.63, 3.8) is 0 Å². The summed E-state index contributed by atoms with van der Waals surface area (Å²) in [6.07, 6.45) is 0. The van der Waals surface area contributed by atoms with E-state index in [2.05, 4.69) is 0 Å². The van der Waals surface area contributed by atoms with Gasteiger partial charge < -0.3 is 14.7 Å². The lowest BCUT2D eigenvalue weighted by Crippen LogP contribution is -2.53. The third kappa shape index (κ3) is 1.45. The first kappa shape index (κ1) is 13.1. The molecule has 0 spiro atoms. The standard InChI is InChI=1S/C14H17N2O4/c1-13(2)14(3,4)16(18)12(15(13)17)9-5-6-10-11(7-9)20-8-19-10/h5-7H,8H2,1-4H3. The van der Waals surface area contributed by atoms with Crippen molar-refractivity contribution in [2.75, 3.05) is 6.79 Å². The number of nitrogens with zero attached hydrogens (tertiary/aromatic N) is 2. The summed E-state index contributed by atoms with van der Waals surface area (Å²) in [6.45, 7) is 7.23. The fraction of sp³-hybridized carbons (Fsp3) is 0.500. The van der Waals surface area contributed by atoms with E-state index in [4.69, 9.17) is 9.47 Å². The summed E-state index contributed by atoms with van der Waals surface area (Å²) in [4.78, 5) is 0. The van der Waals surface area contributed by atoms with Crippen LogP contribution >= 0.6 is 0 Å². The molecular weight excluding hydrogens is 260 g/mol. The van der Waals surface area contributed by atoms with Crippen molar-refractivity contribution in [3.05, 3.63) is 29.0 Å². The summed E-state index contributed by atoms with van der Waals surface area (Å²) in [5.74, 6) is 1.29. The van der Waals surface area contributed by atoms with Crippen LogP contribution in [0.5, 0.6) is 11.5 Å². The zero-order chi connectivity index (χ0) is 14.7. The van der Waals surface area contributed by atoms with Gasteiger partial charge in [0, 0.05) is 5.21 Å². The van der Waals surface area contributed by atoms with E-state index in [1.54, 1.807) is 45.9 Å². The summed E-state index contributed by atoms with van der Waals surface area (Å²) in [5, 5.41) is 25.8.